The van der Waals surface area contributed by atoms with Crippen molar-refractivity contribution < 1.29 is 28.2 Å². The number of hydrogen-bond donors (Lipinski definition) is 6. The number of aliphatic hydroxyl groups is 1. The third-order valence-electron chi connectivity index (χ3n) is 17.0. The molecule has 5 fully saturated rings. The number of aromatic amines is 2. The minimum absolute atomic E-state index is 0.0334. The maximum atomic E-state index is 16.2. The van der Waals surface area contributed by atoms with Crippen LogP contribution in [0, 0.1) is 23.5 Å². The number of H-pyrrole nitrogens is 2. The molecular formula is C61H62F2N12O6. The zero-order chi connectivity index (χ0) is 55.2. The fraction of sp³-hybridized carbons (Fsp3) is 0.361. The van der Waals surface area contributed by atoms with Crippen molar-refractivity contribution in [3.05, 3.63) is 148 Å². The molecule has 3 saturated heterocycles. The number of hydrogen-bond acceptors (Lipinski definition) is 15. The third-order valence-corrected chi connectivity index (χ3v) is 17.0. The topological polar surface area (TPSA) is 219 Å². The van der Waals surface area contributed by atoms with Gasteiger partial charge >= 0.3 is 0 Å². The van der Waals surface area contributed by atoms with Crippen molar-refractivity contribution in [3.8, 4) is 22.5 Å². The highest BCUT2D eigenvalue weighted by molar-refractivity contribution is 5.96. The van der Waals surface area contributed by atoms with Gasteiger partial charge in [-0.3, -0.25) is 19.3 Å². The first kappa shape index (κ1) is 52.2. The molecule has 2 saturated carbocycles. The van der Waals surface area contributed by atoms with Crippen molar-refractivity contribution in [3.63, 3.8) is 0 Å². The SMILES string of the molecule is O=C(Nc1ccc(-c2cc(Nc3ccc(N4CCC(O)CC4)cn3)c3c(=O)[nH]ccc3n2)c(F)c1)C1CC2(OC3CCN(c4ccc(Nc5cc(-c6ccc(CN7CCOCC7)cc6F)nc6cc[nH]c(=O)c56)nc4)CC3)CCC1C2. The van der Waals surface area contributed by atoms with Crippen LogP contribution in [-0.2, 0) is 20.8 Å². The van der Waals surface area contributed by atoms with Crippen LogP contribution in [0.2, 0.25) is 0 Å². The average Bonchev–Trinajstić information content (AvgIpc) is 4.28. The summed E-state index contributed by atoms with van der Waals surface area (Å²) >= 11 is 0. The highest BCUT2D eigenvalue weighted by atomic mass is 19.1. The molecular weight excluding hydrogens is 1030 g/mol. The number of morpholine rings is 1. The number of amides is 1. The number of nitrogens with one attached hydrogen (secondary N) is 5. The Kier molecular flexibility index (Phi) is 14.2. The van der Waals surface area contributed by atoms with E-state index in [1.807, 2.05) is 36.5 Å². The molecule has 6 aromatic heterocycles. The summed E-state index contributed by atoms with van der Waals surface area (Å²) in [7, 11) is 0. The van der Waals surface area contributed by atoms with Crippen molar-refractivity contribution in [1.29, 1.82) is 0 Å². The van der Waals surface area contributed by atoms with Gasteiger partial charge < -0.3 is 50.3 Å². The number of piperidine rings is 2. The molecule has 8 aromatic rings. The molecule has 18 nitrogen and oxygen atoms in total. The molecule has 0 radical (unpaired) electrons. The zero-order valence-electron chi connectivity index (χ0n) is 44.6. The van der Waals surface area contributed by atoms with E-state index >= 15 is 8.78 Å². The highest BCUT2D eigenvalue weighted by Gasteiger charge is 2.54. The quantitative estimate of drug-likeness (QED) is 0.0599. The normalized spacial score (nSPS) is 20.8. The first-order valence-electron chi connectivity index (χ1n) is 28.0. The second-order valence-corrected chi connectivity index (χ2v) is 22.2. The Morgan fingerprint density at radius 3 is 1.84 bits per heavy atom. The summed E-state index contributed by atoms with van der Waals surface area (Å²) in [6, 6.07) is 24.1. The van der Waals surface area contributed by atoms with Gasteiger partial charge in [0.2, 0.25) is 5.91 Å². The predicted octanol–water partition coefficient (Wildman–Crippen LogP) is 9.03. The van der Waals surface area contributed by atoms with Gasteiger partial charge in [0.25, 0.3) is 11.1 Å². The van der Waals surface area contributed by atoms with E-state index < -0.39 is 11.6 Å². The molecule has 1 amide bonds. The number of benzene rings is 2. The van der Waals surface area contributed by atoms with Gasteiger partial charge in [0, 0.05) is 80.9 Å². The number of nitrogens with zero attached hydrogens (tertiary/aromatic N) is 7. The van der Waals surface area contributed by atoms with Crippen LogP contribution < -0.4 is 36.9 Å². The standard InChI is InChI=1S/C61H62F2N12O6/c62-46-27-36(35-73-23-25-80-26-24-73)1-5-43(46)50-29-52(56-48(69-50)10-17-64-59(56)78)71-55-8-4-40(34-67-55)75-21-14-42(15-22-75)81-61-16-9-37(31-61)45(32-61)58(77)68-38-2-6-44(47(63)28-38)51-30-53(57-49(70-51)11-18-65-60(57)79)72-54-7-3-39(33-66-54)74-19-12-41(76)13-20-74/h1-8,10-11,17-18,27-30,33-34,37,41-42,45,76H,9,12-16,19-26,31-32,35H2,(H,64,78)(H,65,79)(H,68,77)(H,66,70,72)(H,67,69,71). The first-order chi connectivity index (χ1) is 39.5. The number of rotatable bonds is 14. The lowest BCUT2D eigenvalue weighted by Gasteiger charge is -2.39. The summed E-state index contributed by atoms with van der Waals surface area (Å²) in [6.07, 6.45) is 12.6. The average molecular weight is 1100 g/mol. The molecule has 6 N–H and O–H groups in total. The summed E-state index contributed by atoms with van der Waals surface area (Å²) in [4.78, 5) is 71.1. The number of pyridine rings is 6. The lowest BCUT2D eigenvalue weighted by atomic mass is 9.86. The van der Waals surface area contributed by atoms with Crippen LogP contribution >= 0.6 is 0 Å². The number of halogens is 2. The molecule has 9 heterocycles. The number of fused-ring (bicyclic) bond motifs is 4. The van der Waals surface area contributed by atoms with Gasteiger partial charge in [0.1, 0.15) is 23.3 Å². The molecule has 3 aliphatic heterocycles. The van der Waals surface area contributed by atoms with E-state index in [1.54, 1.807) is 54.7 Å². The van der Waals surface area contributed by atoms with E-state index in [-0.39, 0.29) is 52.2 Å². The second kappa shape index (κ2) is 22.1. The zero-order valence-corrected chi connectivity index (χ0v) is 44.6. The van der Waals surface area contributed by atoms with E-state index in [0.29, 0.717) is 106 Å². The fourth-order valence-corrected chi connectivity index (χ4v) is 12.7. The minimum Gasteiger partial charge on any atom is -0.393 e. The Morgan fingerprint density at radius 2 is 1.27 bits per heavy atom. The number of aliphatic hydroxyl groups excluding tert-OH is 1. The van der Waals surface area contributed by atoms with Crippen LogP contribution in [0.1, 0.15) is 56.9 Å². The Morgan fingerprint density at radius 1 is 0.691 bits per heavy atom. The van der Waals surface area contributed by atoms with Gasteiger partial charge in [0.05, 0.1) is 99.4 Å². The fourth-order valence-electron chi connectivity index (χ4n) is 12.7. The molecule has 416 valence electrons. The Hall–Kier alpha value is -8.17. The Labute approximate surface area is 465 Å². The number of carbonyl (C=O) groups is 1. The Bertz CT molecular complexity index is 3770. The van der Waals surface area contributed by atoms with E-state index in [9.17, 15) is 19.5 Å². The van der Waals surface area contributed by atoms with Crippen LogP contribution in [0.15, 0.2) is 119 Å². The van der Waals surface area contributed by atoms with Crippen LogP contribution in [-0.4, -0.2) is 116 Å². The van der Waals surface area contributed by atoms with Crippen molar-refractivity contribution in [2.75, 3.05) is 78.2 Å². The summed E-state index contributed by atoms with van der Waals surface area (Å²) in [5.41, 5.74) is 4.95. The highest BCUT2D eigenvalue weighted by Crippen LogP contribution is 2.54. The summed E-state index contributed by atoms with van der Waals surface area (Å²) in [5.74, 6) is -0.199. The molecule has 0 spiro atoms. The minimum atomic E-state index is -0.575. The van der Waals surface area contributed by atoms with Gasteiger partial charge in [-0.15, -0.1) is 0 Å². The van der Waals surface area contributed by atoms with Gasteiger partial charge in [-0.25, -0.2) is 28.7 Å². The molecule has 3 atom stereocenters. The van der Waals surface area contributed by atoms with Crippen LogP contribution in [0.3, 0.4) is 0 Å². The van der Waals surface area contributed by atoms with Crippen molar-refractivity contribution >= 4 is 67.8 Å². The maximum Gasteiger partial charge on any atom is 0.259 e. The van der Waals surface area contributed by atoms with Crippen molar-refractivity contribution in [1.82, 2.24) is 34.8 Å². The van der Waals surface area contributed by atoms with E-state index in [0.717, 1.165) is 88.3 Å². The molecule has 2 aliphatic carbocycles. The van der Waals surface area contributed by atoms with Gasteiger partial charge in [-0.2, -0.15) is 0 Å². The largest absolute Gasteiger partial charge is 0.393 e. The molecule has 13 rings (SSSR count). The molecule has 20 heteroatoms. The van der Waals surface area contributed by atoms with E-state index in [2.05, 4.69) is 50.6 Å². The number of ether oxygens (including phenoxy) is 2. The summed E-state index contributed by atoms with van der Waals surface area (Å²) in [6.45, 7) is 6.54. The number of anilines is 7. The lowest BCUT2D eigenvalue weighted by molar-refractivity contribution is -0.126. The van der Waals surface area contributed by atoms with Gasteiger partial charge in [0.15, 0.2) is 0 Å². The van der Waals surface area contributed by atoms with Crippen LogP contribution in [0.5, 0.6) is 0 Å². The predicted molar refractivity (Wildman–Crippen MR) is 307 cm³/mol. The molecule has 2 bridgehead atoms. The molecule has 81 heavy (non-hydrogen) atoms. The van der Waals surface area contributed by atoms with E-state index in [4.69, 9.17) is 19.4 Å². The molecule has 3 unspecified atom stereocenters. The van der Waals surface area contributed by atoms with Crippen molar-refractivity contribution in [2.24, 2.45) is 11.8 Å². The molecule has 5 aliphatic rings. The van der Waals surface area contributed by atoms with Crippen LogP contribution in [0.4, 0.5) is 48.9 Å². The van der Waals surface area contributed by atoms with E-state index in [1.165, 1.54) is 18.5 Å². The van der Waals surface area contributed by atoms with Crippen LogP contribution in [0.25, 0.3) is 44.3 Å². The number of carbonyl (C=O) groups excluding carboxylic acids is 1. The summed E-state index contributed by atoms with van der Waals surface area (Å²) < 4.78 is 44.4. The lowest BCUT2D eigenvalue weighted by Crippen LogP contribution is -2.42. The molecule has 2 aromatic carbocycles. The first-order valence-corrected chi connectivity index (χ1v) is 28.0. The second-order valence-electron chi connectivity index (χ2n) is 22.2. The van der Waals surface area contributed by atoms with Gasteiger partial charge in [-0.1, -0.05) is 6.07 Å². The monoisotopic (exact) mass is 1100 g/mol. The Balaban J connectivity index is 0.623. The number of aromatic nitrogens is 6. The summed E-state index contributed by atoms with van der Waals surface area (Å²) in [5, 5.41) is 20.2. The van der Waals surface area contributed by atoms with Crippen molar-refractivity contribution in [2.45, 2.75) is 75.7 Å². The van der Waals surface area contributed by atoms with Gasteiger partial charge in [-0.05, 0) is 142 Å². The smallest absolute Gasteiger partial charge is 0.259 e. The third kappa shape index (κ3) is 11.0. The maximum absolute atomic E-state index is 16.2.